The average molecular weight is 281 g/mol. The molecule has 2 atom stereocenters. The largest absolute Gasteiger partial charge is 0.395 e. The third-order valence-electron chi connectivity index (χ3n) is 4.15. The first-order valence-corrected chi connectivity index (χ1v) is 6.98. The van der Waals surface area contributed by atoms with Gasteiger partial charge in [0.2, 0.25) is 0 Å². The summed E-state index contributed by atoms with van der Waals surface area (Å²) in [6, 6.07) is 0.111. The summed E-state index contributed by atoms with van der Waals surface area (Å²) in [5, 5.41) is 3.06. The summed E-state index contributed by atoms with van der Waals surface area (Å²) >= 11 is 0. The van der Waals surface area contributed by atoms with Gasteiger partial charge >= 0.3 is 6.18 Å². The lowest BCUT2D eigenvalue weighted by molar-refractivity contribution is -0.228. The van der Waals surface area contributed by atoms with E-state index in [0.717, 1.165) is 25.7 Å². The van der Waals surface area contributed by atoms with E-state index in [1.165, 1.54) is 0 Å². The minimum atomic E-state index is -4.18. The van der Waals surface area contributed by atoms with Crippen LogP contribution in [0.5, 0.6) is 0 Å². The fraction of sp³-hybridized carbons (Fsp3) is 1.00. The van der Waals surface area contributed by atoms with Gasteiger partial charge in [0, 0.05) is 19.8 Å². The molecule has 3 nitrogen and oxygen atoms in total. The molecule has 0 aromatic heterocycles. The molecule has 6 heteroatoms. The van der Waals surface area contributed by atoms with Crippen LogP contribution in [0.4, 0.5) is 13.2 Å². The van der Waals surface area contributed by atoms with Crippen LogP contribution >= 0.6 is 0 Å². The number of hydrogen-bond acceptors (Lipinski definition) is 3. The summed E-state index contributed by atoms with van der Waals surface area (Å²) in [5.41, 5.74) is 0. The first-order chi connectivity index (χ1) is 9.00. The SMILES string of the molecule is COC1CCC(N[C@@H]2OCCC[C@H]2C(F)(F)F)CC1. The van der Waals surface area contributed by atoms with E-state index < -0.39 is 18.3 Å². The van der Waals surface area contributed by atoms with E-state index in [2.05, 4.69) is 5.32 Å². The Hall–Kier alpha value is -0.330. The fourth-order valence-corrected chi connectivity index (χ4v) is 2.98. The number of nitrogens with one attached hydrogen (secondary N) is 1. The van der Waals surface area contributed by atoms with E-state index in [4.69, 9.17) is 9.47 Å². The van der Waals surface area contributed by atoms with Gasteiger partial charge in [0.15, 0.2) is 0 Å². The molecule has 0 aromatic carbocycles. The van der Waals surface area contributed by atoms with Crippen LogP contribution in [-0.4, -0.2) is 38.3 Å². The minimum absolute atomic E-state index is 0.111. The zero-order valence-electron chi connectivity index (χ0n) is 11.2. The Labute approximate surface area is 111 Å². The third-order valence-corrected chi connectivity index (χ3v) is 4.15. The van der Waals surface area contributed by atoms with Gasteiger partial charge in [0.05, 0.1) is 12.0 Å². The van der Waals surface area contributed by atoms with Crippen molar-refractivity contribution >= 4 is 0 Å². The van der Waals surface area contributed by atoms with Gasteiger partial charge in [-0.15, -0.1) is 0 Å². The van der Waals surface area contributed by atoms with Crippen LogP contribution in [0.25, 0.3) is 0 Å². The van der Waals surface area contributed by atoms with Gasteiger partial charge < -0.3 is 9.47 Å². The molecule has 1 saturated carbocycles. The minimum Gasteiger partial charge on any atom is -0.381 e. The molecule has 1 heterocycles. The Balaban J connectivity index is 1.86. The Kier molecular flexibility index (Phi) is 5.09. The molecular formula is C13H22F3NO2. The molecule has 0 spiro atoms. The second-order valence-electron chi connectivity index (χ2n) is 5.46. The van der Waals surface area contributed by atoms with Gasteiger partial charge in [-0.2, -0.15) is 13.2 Å². The van der Waals surface area contributed by atoms with Crippen molar-refractivity contribution in [1.29, 1.82) is 0 Å². The van der Waals surface area contributed by atoms with Crippen molar-refractivity contribution in [2.24, 2.45) is 5.92 Å². The van der Waals surface area contributed by atoms with Crippen molar-refractivity contribution in [3.05, 3.63) is 0 Å². The van der Waals surface area contributed by atoms with Gasteiger partial charge in [0.25, 0.3) is 0 Å². The van der Waals surface area contributed by atoms with E-state index >= 15 is 0 Å². The van der Waals surface area contributed by atoms with Crippen LogP contribution < -0.4 is 5.32 Å². The first-order valence-electron chi connectivity index (χ1n) is 6.98. The number of ether oxygens (including phenoxy) is 2. The maximum Gasteiger partial charge on any atom is 0.395 e. The molecule has 2 rings (SSSR count). The summed E-state index contributed by atoms with van der Waals surface area (Å²) in [5.74, 6) is -1.37. The normalized spacial score (nSPS) is 37.3. The van der Waals surface area contributed by atoms with Crippen molar-refractivity contribution in [3.63, 3.8) is 0 Å². The van der Waals surface area contributed by atoms with Gasteiger partial charge in [-0.1, -0.05) is 0 Å². The number of hydrogen-bond donors (Lipinski definition) is 1. The highest BCUT2D eigenvalue weighted by atomic mass is 19.4. The lowest BCUT2D eigenvalue weighted by Crippen LogP contribution is -2.52. The second-order valence-corrected chi connectivity index (χ2v) is 5.46. The topological polar surface area (TPSA) is 30.5 Å². The van der Waals surface area contributed by atoms with Gasteiger partial charge in [-0.05, 0) is 38.5 Å². The van der Waals surface area contributed by atoms with Crippen LogP contribution in [0.15, 0.2) is 0 Å². The summed E-state index contributed by atoms with van der Waals surface area (Å²) < 4.78 is 49.3. The molecule has 1 N–H and O–H groups in total. The smallest absolute Gasteiger partial charge is 0.381 e. The molecular weight excluding hydrogens is 259 g/mol. The maximum absolute atomic E-state index is 12.9. The van der Waals surface area contributed by atoms with E-state index in [1.807, 2.05) is 0 Å². The molecule has 0 amide bonds. The molecule has 2 fully saturated rings. The summed E-state index contributed by atoms with van der Waals surface area (Å²) in [6.45, 7) is 0.414. The summed E-state index contributed by atoms with van der Waals surface area (Å²) in [4.78, 5) is 0. The second kappa shape index (κ2) is 6.41. The Morgan fingerprint density at radius 1 is 1.11 bits per heavy atom. The zero-order valence-corrected chi connectivity index (χ0v) is 11.2. The van der Waals surface area contributed by atoms with Crippen LogP contribution in [0, 0.1) is 5.92 Å². The lowest BCUT2D eigenvalue weighted by atomic mass is 9.91. The van der Waals surface area contributed by atoms with Gasteiger partial charge in [-0.25, -0.2) is 0 Å². The average Bonchev–Trinajstić information content (AvgIpc) is 2.39. The lowest BCUT2D eigenvalue weighted by Gasteiger charge is -2.37. The Morgan fingerprint density at radius 3 is 2.37 bits per heavy atom. The highest BCUT2D eigenvalue weighted by Crippen LogP contribution is 2.36. The van der Waals surface area contributed by atoms with Crippen LogP contribution in [0.3, 0.4) is 0 Å². The number of rotatable bonds is 3. The Bertz CT molecular complexity index is 278. The molecule has 1 aliphatic heterocycles. The van der Waals surface area contributed by atoms with Crippen molar-refractivity contribution in [1.82, 2.24) is 5.32 Å². The van der Waals surface area contributed by atoms with Crippen molar-refractivity contribution < 1.29 is 22.6 Å². The summed E-state index contributed by atoms with van der Waals surface area (Å²) in [6.07, 6.45) is -0.655. The monoisotopic (exact) mass is 281 g/mol. The molecule has 0 unspecified atom stereocenters. The first kappa shape index (κ1) is 15.1. The third kappa shape index (κ3) is 4.07. The molecule has 2 aliphatic rings. The fourth-order valence-electron chi connectivity index (χ4n) is 2.98. The predicted molar refractivity (Wildman–Crippen MR) is 64.7 cm³/mol. The maximum atomic E-state index is 12.9. The van der Waals surface area contributed by atoms with Crippen LogP contribution in [0.2, 0.25) is 0 Å². The molecule has 1 aliphatic carbocycles. The van der Waals surface area contributed by atoms with Gasteiger partial charge in [0.1, 0.15) is 6.23 Å². The molecule has 0 aromatic rings. The molecule has 112 valence electrons. The van der Waals surface area contributed by atoms with E-state index in [0.29, 0.717) is 13.0 Å². The summed E-state index contributed by atoms with van der Waals surface area (Å²) in [7, 11) is 1.68. The van der Waals surface area contributed by atoms with E-state index in [-0.39, 0.29) is 18.6 Å². The number of alkyl halides is 3. The quantitative estimate of drug-likeness (QED) is 0.863. The highest BCUT2D eigenvalue weighted by molar-refractivity contribution is 4.84. The van der Waals surface area contributed by atoms with Crippen molar-refractivity contribution in [3.8, 4) is 0 Å². The highest BCUT2D eigenvalue weighted by Gasteiger charge is 2.47. The predicted octanol–water partition coefficient (Wildman–Crippen LogP) is 2.85. The number of methoxy groups -OCH3 is 1. The van der Waals surface area contributed by atoms with E-state index in [1.54, 1.807) is 7.11 Å². The van der Waals surface area contributed by atoms with Gasteiger partial charge in [-0.3, -0.25) is 5.32 Å². The van der Waals surface area contributed by atoms with Crippen molar-refractivity contribution in [2.75, 3.05) is 13.7 Å². The molecule has 1 saturated heterocycles. The molecule has 19 heavy (non-hydrogen) atoms. The standard InChI is InChI=1S/C13H22F3NO2/c1-18-10-6-4-9(5-7-10)17-12-11(13(14,15)16)3-2-8-19-12/h9-12,17H,2-8H2,1H3/t9?,10?,11-,12-/m1/s1. The van der Waals surface area contributed by atoms with Crippen LogP contribution in [0.1, 0.15) is 38.5 Å². The van der Waals surface area contributed by atoms with Crippen LogP contribution in [-0.2, 0) is 9.47 Å². The van der Waals surface area contributed by atoms with E-state index in [9.17, 15) is 13.2 Å². The zero-order chi connectivity index (χ0) is 13.9. The van der Waals surface area contributed by atoms with Crippen molar-refractivity contribution in [2.45, 2.75) is 63.1 Å². The molecule has 0 radical (unpaired) electrons. The Morgan fingerprint density at radius 2 is 1.79 bits per heavy atom. The molecule has 0 bridgehead atoms. The number of halogens is 3.